The summed E-state index contributed by atoms with van der Waals surface area (Å²) in [6, 6.07) is 12.6. The highest BCUT2D eigenvalue weighted by molar-refractivity contribution is 5.91. The molecule has 164 valence electrons. The molecule has 0 aliphatic carbocycles. The van der Waals surface area contributed by atoms with Gasteiger partial charge in [0.1, 0.15) is 22.8 Å². The fourth-order valence-corrected chi connectivity index (χ4v) is 3.40. The highest BCUT2D eigenvalue weighted by atomic mass is 16.5. The number of urea groups is 1. The zero-order valence-electron chi connectivity index (χ0n) is 17.9. The third kappa shape index (κ3) is 4.61. The molecule has 0 radical (unpaired) electrons. The number of amides is 2. The Bertz CT molecular complexity index is 1210. The van der Waals surface area contributed by atoms with Crippen molar-refractivity contribution in [3.05, 3.63) is 61.1 Å². The first-order valence-electron chi connectivity index (χ1n) is 10.2. The summed E-state index contributed by atoms with van der Waals surface area (Å²) in [4.78, 5) is 25.7. The van der Waals surface area contributed by atoms with Crippen LogP contribution in [0.15, 0.2) is 61.1 Å². The van der Waals surface area contributed by atoms with Crippen LogP contribution in [0, 0.1) is 0 Å². The van der Waals surface area contributed by atoms with Crippen molar-refractivity contribution >= 4 is 22.9 Å². The number of ether oxygens (including phenoxy) is 2. The van der Waals surface area contributed by atoms with Gasteiger partial charge in [0.25, 0.3) is 0 Å². The molecule has 0 spiro atoms. The molecule has 9 heteroatoms. The van der Waals surface area contributed by atoms with Gasteiger partial charge in [0.15, 0.2) is 5.65 Å². The van der Waals surface area contributed by atoms with E-state index in [2.05, 4.69) is 25.2 Å². The van der Waals surface area contributed by atoms with Crippen LogP contribution in [0.2, 0.25) is 0 Å². The third-order valence-electron chi connectivity index (χ3n) is 4.94. The standard InChI is InChI=1S/C23H24N6O3/c1-31-17-6-7-18(20(15-17)32-2)28-23(30)26-11-4-14-29-21(16-8-12-24-13-9-16)27-19-5-3-10-25-22(19)29/h3,5-10,12-13,15H,4,11,14H2,1-2H3,(H2,26,28,30). The molecule has 0 saturated heterocycles. The van der Waals surface area contributed by atoms with Gasteiger partial charge in [-0.15, -0.1) is 0 Å². The van der Waals surface area contributed by atoms with E-state index in [1.54, 1.807) is 51.0 Å². The Kier molecular flexibility index (Phi) is 6.45. The maximum absolute atomic E-state index is 12.3. The van der Waals surface area contributed by atoms with Crippen LogP contribution in [0.5, 0.6) is 11.5 Å². The van der Waals surface area contributed by atoms with E-state index in [0.29, 0.717) is 36.7 Å². The smallest absolute Gasteiger partial charge is 0.319 e. The van der Waals surface area contributed by atoms with E-state index in [-0.39, 0.29) is 6.03 Å². The van der Waals surface area contributed by atoms with Crippen LogP contribution in [-0.2, 0) is 6.54 Å². The Morgan fingerprint density at radius 2 is 1.91 bits per heavy atom. The number of nitrogens with one attached hydrogen (secondary N) is 2. The highest BCUT2D eigenvalue weighted by Crippen LogP contribution is 2.29. The van der Waals surface area contributed by atoms with Crippen molar-refractivity contribution in [2.75, 3.05) is 26.1 Å². The molecule has 32 heavy (non-hydrogen) atoms. The Hall–Kier alpha value is -4.14. The molecule has 3 heterocycles. The average Bonchev–Trinajstić information content (AvgIpc) is 3.21. The number of methoxy groups -OCH3 is 2. The van der Waals surface area contributed by atoms with Crippen LogP contribution in [0.25, 0.3) is 22.6 Å². The second kappa shape index (κ2) is 9.78. The summed E-state index contributed by atoms with van der Waals surface area (Å²) in [5.74, 6) is 2.00. The van der Waals surface area contributed by atoms with Gasteiger partial charge in [0.05, 0.1) is 19.9 Å². The van der Waals surface area contributed by atoms with Crippen LogP contribution >= 0.6 is 0 Å². The van der Waals surface area contributed by atoms with E-state index < -0.39 is 0 Å². The molecule has 0 aliphatic heterocycles. The summed E-state index contributed by atoms with van der Waals surface area (Å²) in [6.07, 6.45) is 5.94. The number of nitrogens with zero attached hydrogens (tertiary/aromatic N) is 4. The molecule has 0 aliphatic rings. The summed E-state index contributed by atoms with van der Waals surface area (Å²) >= 11 is 0. The Morgan fingerprint density at radius 3 is 2.69 bits per heavy atom. The van der Waals surface area contributed by atoms with Crippen molar-refractivity contribution in [1.82, 2.24) is 24.8 Å². The van der Waals surface area contributed by atoms with Crippen LogP contribution in [0.3, 0.4) is 0 Å². The molecule has 0 saturated carbocycles. The molecule has 0 fully saturated rings. The minimum atomic E-state index is -0.309. The van der Waals surface area contributed by atoms with Gasteiger partial charge in [-0.3, -0.25) is 4.98 Å². The van der Waals surface area contributed by atoms with Crippen molar-refractivity contribution in [3.63, 3.8) is 0 Å². The molecule has 3 aromatic heterocycles. The lowest BCUT2D eigenvalue weighted by Gasteiger charge is -2.13. The number of carbonyl (C=O) groups excluding carboxylic acids is 1. The molecule has 2 N–H and O–H groups in total. The Labute approximate surface area is 185 Å². The molecular formula is C23H24N6O3. The first kappa shape index (κ1) is 21.1. The molecule has 4 aromatic rings. The van der Waals surface area contributed by atoms with E-state index in [4.69, 9.17) is 14.5 Å². The van der Waals surface area contributed by atoms with E-state index in [1.165, 1.54) is 0 Å². The zero-order valence-corrected chi connectivity index (χ0v) is 17.9. The summed E-state index contributed by atoms with van der Waals surface area (Å²) < 4.78 is 12.6. The number of aromatic nitrogens is 4. The summed E-state index contributed by atoms with van der Waals surface area (Å²) in [5, 5.41) is 5.68. The Morgan fingerprint density at radius 1 is 1.06 bits per heavy atom. The van der Waals surface area contributed by atoms with Gasteiger partial charge in [0, 0.05) is 43.3 Å². The lowest BCUT2D eigenvalue weighted by atomic mass is 10.2. The number of pyridine rings is 2. The first-order chi connectivity index (χ1) is 15.7. The monoisotopic (exact) mass is 432 g/mol. The van der Waals surface area contributed by atoms with Crippen molar-refractivity contribution < 1.29 is 14.3 Å². The number of anilines is 1. The fraction of sp³-hybridized carbons (Fsp3) is 0.217. The van der Waals surface area contributed by atoms with E-state index in [0.717, 1.165) is 22.6 Å². The quantitative estimate of drug-likeness (QED) is 0.411. The summed E-state index contributed by atoms with van der Waals surface area (Å²) in [5.41, 5.74) is 3.18. The van der Waals surface area contributed by atoms with E-state index in [1.807, 2.05) is 24.3 Å². The zero-order chi connectivity index (χ0) is 22.3. The minimum Gasteiger partial charge on any atom is -0.497 e. The van der Waals surface area contributed by atoms with E-state index >= 15 is 0 Å². The normalized spacial score (nSPS) is 10.7. The number of fused-ring (bicyclic) bond motifs is 1. The SMILES string of the molecule is COc1ccc(NC(=O)NCCCn2c(-c3ccncc3)nc3cccnc32)c(OC)c1. The van der Waals surface area contributed by atoms with Gasteiger partial charge in [-0.1, -0.05) is 0 Å². The first-order valence-corrected chi connectivity index (χ1v) is 10.2. The molecular weight excluding hydrogens is 408 g/mol. The fourth-order valence-electron chi connectivity index (χ4n) is 3.40. The number of rotatable bonds is 8. The second-order valence-electron chi connectivity index (χ2n) is 6.97. The maximum atomic E-state index is 12.3. The molecule has 9 nitrogen and oxygen atoms in total. The van der Waals surface area contributed by atoms with Gasteiger partial charge in [-0.25, -0.2) is 14.8 Å². The topological polar surface area (TPSA) is 103 Å². The number of benzene rings is 1. The number of imidazole rings is 1. The third-order valence-corrected chi connectivity index (χ3v) is 4.94. The number of aryl methyl sites for hydroxylation is 1. The van der Waals surface area contributed by atoms with Crippen LogP contribution in [0.1, 0.15) is 6.42 Å². The summed E-state index contributed by atoms with van der Waals surface area (Å²) in [7, 11) is 3.12. The lowest BCUT2D eigenvalue weighted by molar-refractivity contribution is 0.251. The largest absolute Gasteiger partial charge is 0.497 e. The molecule has 0 atom stereocenters. The van der Waals surface area contributed by atoms with Crippen LogP contribution in [0.4, 0.5) is 10.5 Å². The molecule has 1 aromatic carbocycles. The van der Waals surface area contributed by atoms with Crippen LogP contribution in [-0.4, -0.2) is 46.3 Å². The molecule has 0 unspecified atom stereocenters. The second-order valence-corrected chi connectivity index (χ2v) is 6.97. The number of carbonyl (C=O) groups is 1. The number of hydrogen-bond acceptors (Lipinski definition) is 6. The van der Waals surface area contributed by atoms with Crippen molar-refractivity contribution in [2.24, 2.45) is 0 Å². The van der Waals surface area contributed by atoms with Gasteiger partial charge < -0.3 is 24.7 Å². The lowest BCUT2D eigenvalue weighted by Crippen LogP contribution is -2.30. The highest BCUT2D eigenvalue weighted by Gasteiger charge is 2.13. The van der Waals surface area contributed by atoms with Gasteiger partial charge in [-0.05, 0) is 42.8 Å². The van der Waals surface area contributed by atoms with Crippen molar-refractivity contribution in [1.29, 1.82) is 0 Å². The van der Waals surface area contributed by atoms with Crippen molar-refractivity contribution in [2.45, 2.75) is 13.0 Å². The molecule has 0 bridgehead atoms. The van der Waals surface area contributed by atoms with Gasteiger partial charge in [0.2, 0.25) is 0 Å². The van der Waals surface area contributed by atoms with E-state index in [9.17, 15) is 4.79 Å². The molecule has 2 amide bonds. The average molecular weight is 432 g/mol. The van der Waals surface area contributed by atoms with Crippen LogP contribution < -0.4 is 20.1 Å². The Balaban J connectivity index is 1.39. The maximum Gasteiger partial charge on any atom is 0.319 e. The number of hydrogen-bond donors (Lipinski definition) is 2. The van der Waals surface area contributed by atoms with Gasteiger partial charge >= 0.3 is 6.03 Å². The summed E-state index contributed by atoms with van der Waals surface area (Å²) in [6.45, 7) is 1.13. The molecule has 4 rings (SSSR count). The predicted octanol–water partition coefficient (Wildman–Crippen LogP) is 3.72. The predicted molar refractivity (Wildman–Crippen MR) is 122 cm³/mol. The van der Waals surface area contributed by atoms with Gasteiger partial charge in [-0.2, -0.15) is 0 Å². The van der Waals surface area contributed by atoms with Crippen molar-refractivity contribution in [3.8, 4) is 22.9 Å². The minimum absolute atomic E-state index is 0.309.